The van der Waals surface area contributed by atoms with Crippen LogP contribution in [0, 0.1) is 0 Å². The van der Waals surface area contributed by atoms with Gasteiger partial charge in [0.25, 0.3) is 0 Å². The van der Waals surface area contributed by atoms with Gasteiger partial charge in [-0.2, -0.15) is 5.10 Å². The SMILES string of the molecule is CO[C@@H](C)c1c(NC(=O)Nc2cc(Cl)c3nccn3c2)cnc2cc(Cl)nn12. The van der Waals surface area contributed by atoms with Crippen molar-refractivity contribution < 1.29 is 9.53 Å². The van der Waals surface area contributed by atoms with Crippen molar-refractivity contribution in [1.82, 2.24) is 24.0 Å². The zero-order chi connectivity index (χ0) is 19.8. The van der Waals surface area contributed by atoms with Gasteiger partial charge in [0.15, 0.2) is 16.4 Å². The average molecular weight is 420 g/mol. The Morgan fingerprint density at radius 2 is 2.07 bits per heavy atom. The van der Waals surface area contributed by atoms with Crippen LogP contribution < -0.4 is 10.6 Å². The number of imidazole rings is 1. The fourth-order valence-electron chi connectivity index (χ4n) is 2.87. The van der Waals surface area contributed by atoms with Crippen LogP contribution in [0.3, 0.4) is 0 Å². The third-order valence-electron chi connectivity index (χ3n) is 4.18. The molecule has 28 heavy (non-hydrogen) atoms. The number of pyridine rings is 1. The lowest BCUT2D eigenvalue weighted by Gasteiger charge is -2.17. The number of aromatic nitrogens is 5. The zero-order valence-electron chi connectivity index (χ0n) is 14.8. The lowest BCUT2D eigenvalue weighted by atomic mass is 10.2. The molecule has 1 atom stereocenters. The Morgan fingerprint density at radius 3 is 2.86 bits per heavy atom. The maximum absolute atomic E-state index is 12.6. The van der Waals surface area contributed by atoms with Gasteiger partial charge in [-0.3, -0.25) is 0 Å². The van der Waals surface area contributed by atoms with Crippen molar-refractivity contribution in [3.05, 3.63) is 52.8 Å². The second kappa shape index (κ2) is 7.27. The molecule has 0 aliphatic heterocycles. The minimum absolute atomic E-state index is 0.293. The van der Waals surface area contributed by atoms with Gasteiger partial charge in [0.1, 0.15) is 0 Å². The fourth-order valence-corrected chi connectivity index (χ4v) is 3.30. The number of ether oxygens (including phenoxy) is 1. The van der Waals surface area contributed by atoms with Gasteiger partial charge in [-0.05, 0) is 13.0 Å². The van der Waals surface area contributed by atoms with Crippen LogP contribution in [0.2, 0.25) is 10.2 Å². The summed E-state index contributed by atoms with van der Waals surface area (Å²) in [6.45, 7) is 1.83. The third-order valence-corrected chi connectivity index (χ3v) is 4.64. The van der Waals surface area contributed by atoms with Crippen LogP contribution in [-0.2, 0) is 4.74 Å². The lowest BCUT2D eigenvalue weighted by Crippen LogP contribution is -2.22. The highest BCUT2D eigenvalue weighted by molar-refractivity contribution is 6.33. The zero-order valence-corrected chi connectivity index (χ0v) is 16.4. The quantitative estimate of drug-likeness (QED) is 0.520. The summed E-state index contributed by atoms with van der Waals surface area (Å²) in [5.41, 5.74) is 2.71. The van der Waals surface area contributed by atoms with Crippen LogP contribution in [-0.4, -0.2) is 37.1 Å². The topological polar surface area (TPSA) is 97.8 Å². The molecule has 0 bridgehead atoms. The van der Waals surface area contributed by atoms with Crippen molar-refractivity contribution in [2.45, 2.75) is 13.0 Å². The fraction of sp³-hybridized carbons (Fsp3) is 0.176. The first-order valence-corrected chi connectivity index (χ1v) is 8.99. The number of hydrogen-bond donors (Lipinski definition) is 2. The van der Waals surface area contributed by atoms with Gasteiger partial charge >= 0.3 is 6.03 Å². The summed E-state index contributed by atoms with van der Waals surface area (Å²) < 4.78 is 8.68. The molecule has 4 heterocycles. The van der Waals surface area contributed by atoms with Gasteiger partial charge in [0, 0.05) is 31.8 Å². The number of methoxy groups -OCH3 is 1. The molecule has 2 N–H and O–H groups in total. The molecule has 0 fully saturated rings. The van der Waals surface area contributed by atoms with Crippen LogP contribution in [0.4, 0.5) is 16.2 Å². The van der Waals surface area contributed by atoms with E-state index >= 15 is 0 Å². The summed E-state index contributed by atoms with van der Waals surface area (Å²) in [4.78, 5) is 21.0. The molecule has 2 amide bonds. The van der Waals surface area contributed by atoms with E-state index in [9.17, 15) is 4.79 Å². The van der Waals surface area contributed by atoms with Crippen molar-refractivity contribution in [2.75, 3.05) is 17.7 Å². The number of amides is 2. The molecule has 0 aliphatic rings. The third kappa shape index (κ3) is 3.35. The second-order valence-electron chi connectivity index (χ2n) is 5.99. The number of nitrogens with one attached hydrogen (secondary N) is 2. The summed E-state index contributed by atoms with van der Waals surface area (Å²) in [5.74, 6) is 0. The van der Waals surface area contributed by atoms with E-state index in [1.165, 1.54) is 6.20 Å². The molecule has 0 aliphatic carbocycles. The van der Waals surface area contributed by atoms with Crippen LogP contribution >= 0.6 is 23.2 Å². The number of nitrogens with zero attached hydrogens (tertiary/aromatic N) is 5. The first kappa shape index (κ1) is 18.5. The van der Waals surface area contributed by atoms with E-state index in [1.807, 2.05) is 6.92 Å². The lowest BCUT2D eigenvalue weighted by molar-refractivity contribution is 0.114. The number of hydrogen-bond acceptors (Lipinski definition) is 5. The molecule has 4 rings (SSSR count). The van der Waals surface area contributed by atoms with E-state index in [-0.39, 0.29) is 6.10 Å². The standard InChI is InChI=1S/C17H15Cl2N7O2/c1-9(28-2)15-12(7-21-14-6-13(19)24-26(14)15)23-17(27)22-10-5-11(18)16-20-3-4-25(16)8-10/h3-9H,1-2H3,(H2,22,23,27)/t9-/m0/s1. The van der Waals surface area contributed by atoms with Crippen LogP contribution in [0.15, 0.2) is 36.9 Å². The van der Waals surface area contributed by atoms with Crippen molar-refractivity contribution in [1.29, 1.82) is 0 Å². The van der Waals surface area contributed by atoms with Crippen LogP contribution in [0.25, 0.3) is 11.3 Å². The molecule has 144 valence electrons. The number of urea groups is 1. The molecule has 0 saturated carbocycles. The maximum Gasteiger partial charge on any atom is 0.323 e. The van der Waals surface area contributed by atoms with Crippen molar-refractivity contribution >= 4 is 51.9 Å². The molecular formula is C17H15Cl2N7O2. The van der Waals surface area contributed by atoms with E-state index < -0.39 is 6.03 Å². The Morgan fingerprint density at radius 1 is 1.25 bits per heavy atom. The molecule has 0 radical (unpaired) electrons. The van der Waals surface area contributed by atoms with Gasteiger partial charge in [-0.15, -0.1) is 0 Å². The Balaban J connectivity index is 1.64. The Hall–Kier alpha value is -2.88. The molecule has 4 aromatic heterocycles. The van der Waals surface area contributed by atoms with Crippen molar-refractivity contribution in [3.8, 4) is 0 Å². The van der Waals surface area contributed by atoms with E-state index in [4.69, 9.17) is 27.9 Å². The van der Waals surface area contributed by atoms with Crippen LogP contribution in [0.5, 0.6) is 0 Å². The summed E-state index contributed by atoms with van der Waals surface area (Å²) in [7, 11) is 1.56. The van der Waals surface area contributed by atoms with E-state index in [2.05, 4.69) is 25.7 Å². The van der Waals surface area contributed by atoms with E-state index in [0.29, 0.717) is 38.5 Å². The van der Waals surface area contributed by atoms with Gasteiger partial charge in [0.2, 0.25) is 0 Å². The van der Waals surface area contributed by atoms with Gasteiger partial charge in [-0.25, -0.2) is 19.3 Å². The van der Waals surface area contributed by atoms with Crippen LogP contribution in [0.1, 0.15) is 18.7 Å². The average Bonchev–Trinajstić information content (AvgIpc) is 3.26. The molecule has 11 heteroatoms. The monoisotopic (exact) mass is 419 g/mol. The Labute approximate surface area is 169 Å². The maximum atomic E-state index is 12.6. The molecule has 0 spiro atoms. The van der Waals surface area contributed by atoms with E-state index in [1.54, 1.807) is 46.7 Å². The predicted octanol–water partition coefficient (Wildman–Crippen LogP) is 4.04. The molecule has 4 aromatic rings. The summed E-state index contributed by atoms with van der Waals surface area (Å²) in [6, 6.07) is 2.77. The molecule has 9 nitrogen and oxygen atoms in total. The molecular weight excluding hydrogens is 405 g/mol. The summed E-state index contributed by atoms with van der Waals surface area (Å²) in [6.07, 6.45) is 6.24. The molecule has 0 aromatic carbocycles. The minimum Gasteiger partial charge on any atom is -0.375 e. The largest absolute Gasteiger partial charge is 0.375 e. The van der Waals surface area contributed by atoms with E-state index in [0.717, 1.165) is 0 Å². The number of carbonyl (C=O) groups excluding carboxylic acids is 1. The number of rotatable bonds is 4. The predicted molar refractivity (Wildman–Crippen MR) is 106 cm³/mol. The summed E-state index contributed by atoms with van der Waals surface area (Å²) >= 11 is 12.2. The normalized spacial score (nSPS) is 12.4. The molecule has 0 unspecified atom stereocenters. The number of halogens is 2. The number of carbonyl (C=O) groups is 1. The smallest absolute Gasteiger partial charge is 0.323 e. The van der Waals surface area contributed by atoms with Gasteiger partial charge in [-0.1, -0.05) is 23.2 Å². The first-order chi connectivity index (χ1) is 13.5. The van der Waals surface area contributed by atoms with Crippen molar-refractivity contribution in [3.63, 3.8) is 0 Å². The highest BCUT2D eigenvalue weighted by Gasteiger charge is 2.19. The van der Waals surface area contributed by atoms with Gasteiger partial charge in [0.05, 0.1) is 34.4 Å². The number of fused-ring (bicyclic) bond motifs is 2. The minimum atomic E-state index is -0.473. The Bertz CT molecular complexity index is 1190. The number of anilines is 2. The molecule has 0 saturated heterocycles. The highest BCUT2D eigenvalue weighted by atomic mass is 35.5. The summed E-state index contributed by atoms with van der Waals surface area (Å²) in [5, 5.41) is 10.4. The van der Waals surface area contributed by atoms with Crippen molar-refractivity contribution in [2.24, 2.45) is 0 Å². The highest BCUT2D eigenvalue weighted by Crippen LogP contribution is 2.27. The first-order valence-electron chi connectivity index (χ1n) is 8.23. The van der Waals surface area contributed by atoms with Gasteiger partial charge < -0.3 is 19.8 Å². The second-order valence-corrected chi connectivity index (χ2v) is 6.78. The Kier molecular flexibility index (Phi) is 4.80.